The standard InChI is InChI=1S/C14H19NO3/c1-17-13-6-11(9-16)12(7-14(13)18-2)10-4-3-5-15-8-10/h6-7,9-10,15H,3-5,8H2,1-2H3. The number of hydrogen-bond donors (Lipinski definition) is 1. The first-order chi connectivity index (χ1) is 8.80. The van der Waals surface area contributed by atoms with Crippen LogP contribution in [0.15, 0.2) is 12.1 Å². The van der Waals surface area contributed by atoms with E-state index < -0.39 is 0 Å². The highest BCUT2D eigenvalue weighted by Gasteiger charge is 2.20. The molecule has 4 heteroatoms. The number of piperidine rings is 1. The number of methoxy groups -OCH3 is 2. The Morgan fingerprint density at radius 1 is 1.28 bits per heavy atom. The Balaban J connectivity index is 2.40. The maximum atomic E-state index is 11.2. The SMILES string of the molecule is COc1cc(C=O)c(C2CCCNC2)cc1OC. The number of hydrogen-bond acceptors (Lipinski definition) is 4. The van der Waals surface area contributed by atoms with Crippen LogP contribution < -0.4 is 14.8 Å². The fraction of sp³-hybridized carbons (Fsp3) is 0.500. The smallest absolute Gasteiger partial charge is 0.161 e. The molecule has 1 saturated heterocycles. The van der Waals surface area contributed by atoms with Crippen LogP contribution in [0.25, 0.3) is 0 Å². The van der Waals surface area contributed by atoms with Crippen molar-refractivity contribution in [2.75, 3.05) is 27.3 Å². The molecule has 98 valence electrons. The predicted octanol–water partition coefficient (Wildman–Crippen LogP) is 1.98. The van der Waals surface area contributed by atoms with E-state index in [9.17, 15) is 4.79 Å². The summed E-state index contributed by atoms with van der Waals surface area (Å²) in [5, 5.41) is 3.36. The van der Waals surface area contributed by atoms with Crippen molar-refractivity contribution in [2.24, 2.45) is 0 Å². The lowest BCUT2D eigenvalue weighted by Crippen LogP contribution is -2.28. The Labute approximate surface area is 107 Å². The number of aldehydes is 1. The zero-order valence-electron chi connectivity index (χ0n) is 10.9. The molecule has 1 aliphatic heterocycles. The number of benzene rings is 1. The average molecular weight is 249 g/mol. The third-order valence-corrected chi connectivity index (χ3v) is 3.45. The molecule has 1 aromatic carbocycles. The van der Waals surface area contributed by atoms with E-state index in [1.54, 1.807) is 20.3 Å². The second-order valence-corrected chi connectivity index (χ2v) is 4.50. The summed E-state index contributed by atoms with van der Waals surface area (Å²) in [5.74, 6) is 1.66. The molecule has 1 N–H and O–H groups in total. The second kappa shape index (κ2) is 5.87. The lowest BCUT2D eigenvalue weighted by molar-refractivity contribution is 0.112. The van der Waals surface area contributed by atoms with Gasteiger partial charge in [-0.15, -0.1) is 0 Å². The molecular formula is C14H19NO3. The molecule has 2 rings (SSSR count). The fourth-order valence-corrected chi connectivity index (χ4v) is 2.48. The number of nitrogens with one attached hydrogen (secondary N) is 1. The summed E-state index contributed by atoms with van der Waals surface area (Å²) in [6.45, 7) is 1.97. The summed E-state index contributed by atoms with van der Waals surface area (Å²) < 4.78 is 10.5. The van der Waals surface area contributed by atoms with E-state index in [1.165, 1.54) is 0 Å². The number of rotatable bonds is 4. The normalized spacial score (nSPS) is 19.3. The second-order valence-electron chi connectivity index (χ2n) is 4.50. The van der Waals surface area contributed by atoms with Crippen LogP contribution in [0.2, 0.25) is 0 Å². The molecule has 0 saturated carbocycles. The molecule has 18 heavy (non-hydrogen) atoms. The molecule has 1 atom stereocenters. The lowest BCUT2D eigenvalue weighted by Gasteiger charge is -2.25. The molecule has 0 aliphatic carbocycles. The minimum absolute atomic E-state index is 0.374. The minimum Gasteiger partial charge on any atom is -0.493 e. The van der Waals surface area contributed by atoms with Crippen molar-refractivity contribution in [1.29, 1.82) is 0 Å². The number of carbonyl (C=O) groups excluding carboxylic acids is 1. The fourth-order valence-electron chi connectivity index (χ4n) is 2.48. The Hall–Kier alpha value is -1.55. The van der Waals surface area contributed by atoms with Crippen molar-refractivity contribution in [3.63, 3.8) is 0 Å². The van der Waals surface area contributed by atoms with Gasteiger partial charge in [-0.1, -0.05) is 0 Å². The molecule has 0 amide bonds. The summed E-state index contributed by atoms with van der Waals surface area (Å²) in [5.41, 5.74) is 1.75. The largest absolute Gasteiger partial charge is 0.493 e. The molecule has 1 fully saturated rings. The van der Waals surface area contributed by atoms with Crippen LogP contribution >= 0.6 is 0 Å². The Morgan fingerprint density at radius 2 is 2.00 bits per heavy atom. The lowest BCUT2D eigenvalue weighted by atomic mass is 9.88. The van der Waals surface area contributed by atoms with E-state index in [0.717, 1.165) is 37.8 Å². The van der Waals surface area contributed by atoms with Gasteiger partial charge in [0, 0.05) is 12.1 Å². The zero-order valence-corrected chi connectivity index (χ0v) is 10.9. The van der Waals surface area contributed by atoms with Gasteiger partial charge in [0.15, 0.2) is 11.5 Å². The van der Waals surface area contributed by atoms with E-state index in [4.69, 9.17) is 9.47 Å². The van der Waals surface area contributed by atoms with Crippen LogP contribution in [-0.4, -0.2) is 33.6 Å². The van der Waals surface area contributed by atoms with Gasteiger partial charge in [-0.25, -0.2) is 0 Å². The van der Waals surface area contributed by atoms with Gasteiger partial charge in [0.2, 0.25) is 0 Å². The van der Waals surface area contributed by atoms with Crippen LogP contribution in [0, 0.1) is 0 Å². The Kier molecular flexibility index (Phi) is 4.20. The van der Waals surface area contributed by atoms with E-state index in [1.807, 2.05) is 6.07 Å². The van der Waals surface area contributed by atoms with E-state index in [0.29, 0.717) is 23.0 Å². The highest BCUT2D eigenvalue weighted by molar-refractivity contribution is 5.79. The summed E-state index contributed by atoms with van der Waals surface area (Å²) in [6, 6.07) is 3.69. The number of ether oxygens (including phenoxy) is 2. The summed E-state index contributed by atoms with van der Waals surface area (Å²) in [7, 11) is 3.19. The summed E-state index contributed by atoms with van der Waals surface area (Å²) in [6.07, 6.45) is 3.13. The van der Waals surface area contributed by atoms with Gasteiger partial charge < -0.3 is 14.8 Å². The molecule has 0 aromatic heterocycles. The van der Waals surface area contributed by atoms with Crippen molar-refractivity contribution >= 4 is 6.29 Å². The first-order valence-corrected chi connectivity index (χ1v) is 6.22. The predicted molar refractivity (Wildman–Crippen MR) is 69.8 cm³/mol. The third kappa shape index (κ3) is 2.48. The molecule has 4 nitrogen and oxygen atoms in total. The van der Waals surface area contributed by atoms with Gasteiger partial charge in [-0.3, -0.25) is 4.79 Å². The molecule has 1 aromatic rings. The minimum atomic E-state index is 0.374. The molecule has 1 unspecified atom stereocenters. The van der Waals surface area contributed by atoms with Crippen molar-refractivity contribution < 1.29 is 14.3 Å². The van der Waals surface area contributed by atoms with Gasteiger partial charge in [0.1, 0.15) is 6.29 Å². The quantitative estimate of drug-likeness (QED) is 0.829. The molecule has 1 heterocycles. The van der Waals surface area contributed by atoms with Crippen LogP contribution in [0.4, 0.5) is 0 Å². The summed E-state index contributed by atoms with van der Waals surface area (Å²) >= 11 is 0. The topological polar surface area (TPSA) is 47.6 Å². The van der Waals surface area contributed by atoms with Crippen LogP contribution in [0.5, 0.6) is 11.5 Å². The van der Waals surface area contributed by atoms with Crippen molar-refractivity contribution in [1.82, 2.24) is 5.32 Å². The Morgan fingerprint density at radius 3 is 2.56 bits per heavy atom. The van der Waals surface area contributed by atoms with Gasteiger partial charge >= 0.3 is 0 Å². The van der Waals surface area contributed by atoms with E-state index in [2.05, 4.69) is 5.32 Å². The van der Waals surface area contributed by atoms with Crippen molar-refractivity contribution in [3.05, 3.63) is 23.3 Å². The summed E-state index contributed by atoms with van der Waals surface area (Å²) in [4.78, 5) is 11.2. The maximum Gasteiger partial charge on any atom is 0.161 e. The van der Waals surface area contributed by atoms with Crippen LogP contribution in [-0.2, 0) is 0 Å². The molecule has 0 radical (unpaired) electrons. The molecule has 1 aliphatic rings. The first-order valence-electron chi connectivity index (χ1n) is 6.22. The van der Waals surface area contributed by atoms with Crippen LogP contribution in [0.1, 0.15) is 34.7 Å². The van der Waals surface area contributed by atoms with E-state index >= 15 is 0 Å². The van der Waals surface area contributed by atoms with Gasteiger partial charge in [-0.2, -0.15) is 0 Å². The van der Waals surface area contributed by atoms with Crippen molar-refractivity contribution in [3.8, 4) is 11.5 Å². The van der Waals surface area contributed by atoms with Crippen molar-refractivity contribution in [2.45, 2.75) is 18.8 Å². The maximum absolute atomic E-state index is 11.2. The number of carbonyl (C=O) groups is 1. The highest BCUT2D eigenvalue weighted by Crippen LogP contribution is 2.35. The molecule has 0 spiro atoms. The zero-order chi connectivity index (χ0) is 13.0. The average Bonchev–Trinajstić information content (AvgIpc) is 2.46. The van der Waals surface area contributed by atoms with Crippen LogP contribution in [0.3, 0.4) is 0 Å². The monoisotopic (exact) mass is 249 g/mol. The first kappa shape index (κ1) is 12.9. The third-order valence-electron chi connectivity index (χ3n) is 3.45. The highest BCUT2D eigenvalue weighted by atomic mass is 16.5. The Bertz CT molecular complexity index is 425. The molecular weight excluding hydrogens is 230 g/mol. The van der Waals surface area contributed by atoms with Gasteiger partial charge in [0.05, 0.1) is 14.2 Å². The van der Waals surface area contributed by atoms with Gasteiger partial charge in [0.25, 0.3) is 0 Å². The van der Waals surface area contributed by atoms with E-state index in [-0.39, 0.29) is 0 Å². The molecule has 0 bridgehead atoms. The van der Waals surface area contributed by atoms with Gasteiger partial charge in [-0.05, 0) is 43.0 Å².